The second-order valence-electron chi connectivity index (χ2n) is 9.22. The van der Waals surface area contributed by atoms with Crippen molar-refractivity contribution in [3.63, 3.8) is 0 Å². The highest BCUT2D eigenvalue weighted by molar-refractivity contribution is 6.09. The van der Waals surface area contributed by atoms with Crippen LogP contribution < -0.4 is 10.6 Å². The van der Waals surface area contributed by atoms with Crippen molar-refractivity contribution in [3.8, 4) is 0 Å². The monoisotopic (exact) mass is 413 g/mol. The van der Waals surface area contributed by atoms with Gasteiger partial charge in [0, 0.05) is 0 Å². The highest BCUT2D eigenvalue weighted by atomic mass is 16.2. The summed E-state index contributed by atoms with van der Waals surface area (Å²) in [6, 6.07) is 7.70. The van der Waals surface area contributed by atoms with Gasteiger partial charge in [-0.25, -0.2) is 4.79 Å². The second kappa shape index (κ2) is 9.19. The van der Waals surface area contributed by atoms with E-state index in [4.69, 9.17) is 0 Å². The summed E-state index contributed by atoms with van der Waals surface area (Å²) in [4.78, 5) is 39.5. The number of carbonyl (C=O) groups excluding carboxylic acids is 3. The molecular weight excluding hydrogens is 378 g/mol. The van der Waals surface area contributed by atoms with Crippen molar-refractivity contribution in [1.29, 1.82) is 0 Å². The van der Waals surface area contributed by atoms with Crippen molar-refractivity contribution in [2.75, 3.05) is 6.54 Å². The zero-order chi connectivity index (χ0) is 21.9. The maximum absolute atomic E-state index is 13.1. The molecule has 3 atom stereocenters. The van der Waals surface area contributed by atoms with Crippen LogP contribution in [-0.4, -0.2) is 34.8 Å². The molecule has 1 aliphatic carbocycles. The highest BCUT2D eigenvalue weighted by Gasteiger charge is 2.55. The first kappa shape index (κ1) is 22.3. The van der Waals surface area contributed by atoms with E-state index >= 15 is 0 Å². The number of nitrogens with zero attached hydrogens (tertiary/aromatic N) is 1. The molecule has 0 aromatic heterocycles. The number of urea groups is 1. The lowest BCUT2D eigenvalue weighted by atomic mass is 9.73. The Bertz CT molecular complexity index is 789. The number of amides is 4. The first-order valence-electron chi connectivity index (χ1n) is 11.3. The third kappa shape index (κ3) is 4.37. The van der Waals surface area contributed by atoms with E-state index in [2.05, 4.69) is 55.7 Å². The molecule has 1 saturated heterocycles. The van der Waals surface area contributed by atoms with E-state index in [0.29, 0.717) is 6.42 Å². The summed E-state index contributed by atoms with van der Waals surface area (Å²) in [5, 5.41) is 5.95. The van der Waals surface area contributed by atoms with Gasteiger partial charge < -0.3 is 10.6 Å². The maximum Gasteiger partial charge on any atom is 0.325 e. The summed E-state index contributed by atoms with van der Waals surface area (Å²) >= 11 is 0. The molecule has 6 nitrogen and oxygen atoms in total. The van der Waals surface area contributed by atoms with Crippen LogP contribution in [0.5, 0.6) is 0 Å². The molecule has 1 aliphatic heterocycles. The fourth-order valence-electron chi connectivity index (χ4n) is 4.82. The zero-order valence-electron chi connectivity index (χ0n) is 18.7. The van der Waals surface area contributed by atoms with Crippen LogP contribution in [0.3, 0.4) is 0 Å². The molecule has 4 amide bonds. The van der Waals surface area contributed by atoms with E-state index in [1.165, 1.54) is 5.56 Å². The molecule has 1 spiro atoms. The number of carbonyl (C=O) groups is 3. The first-order valence-corrected chi connectivity index (χ1v) is 11.3. The summed E-state index contributed by atoms with van der Waals surface area (Å²) in [5.74, 6) is -0.296. The molecule has 1 saturated carbocycles. The second-order valence-corrected chi connectivity index (χ2v) is 9.22. The van der Waals surface area contributed by atoms with Gasteiger partial charge in [0.25, 0.3) is 5.91 Å². The Hall–Kier alpha value is -2.37. The Balaban J connectivity index is 1.68. The SMILES string of the molecule is CCCc1ccc(C(NC(=O)CN2C(=O)NC3(CCCCC3C)C2=O)C(C)C)cc1. The van der Waals surface area contributed by atoms with Crippen molar-refractivity contribution in [1.82, 2.24) is 15.5 Å². The molecule has 1 aromatic carbocycles. The van der Waals surface area contributed by atoms with Crippen LogP contribution in [0.2, 0.25) is 0 Å². The first-order chi connectivity index (χ1) is 14.3. The smallest absolute Gasteiger partial charge is 0.325 e. The minimum absolute atomic E-state index is 0.0841. The number of rotatable bonds is 7. The predicted octanol–water partition coefficient (Wildman–Crippen LogP) is 3.95. The normalized spacial score (nSPS) is 25.0. The van der Waals surface area contributed by atoms with Crippen LogP contribution >= 0.6 is 0 Å². The van der Waals surface area contributed by atoms with Crippen LogP contribution in [0.4, 0.5) is 4.79 Å². The fraction of sp³-hybridized carbons (Fsp3) is 0.625. The number of imide groups is 1. The number of hydrogen-bond donors (Lipinski definition) is 2. The van der Waals surface area contributed by atoms with Crippen LogP contribution in [-0.2, 0) is 16.0 Å². The lowest BCUT2D eigenvalue weighted by Crippen LogP contribution is -2.54. The van der Waals surface area contributed by atoms with E-state index in [0.717, 1.165) is 42.6 Å². The molecule has 1 heterocycles. The Morgan fingerprint density at radius 2 is 1.93 bits per heavy atom. The molecule has 1 aromatic rings. The van der Waals surface area contributed by atoms with Gasteiger partial charge in [-0.05, 0) is 42.2 Å². The number of benzene rings is 1. The van der Waals surface area contributed by atoms with Crippen LogP contribution in [0.15, 0.2) is 24.3 Å². The summed E-state index contributed by atoms with van der Waals surface area (Å²) in [5.41, 5.74) is 1.48. The van der Waals surface area contributed by atoms with E-state index in [1.54, 1.807) is 0 Å². The Morgan fingerprint density at radius 3 is 2.53 bits per heavy atom. The Morgan fingerprint density at radius 1 is 1.23 bits per heavy atom. The molecule has 6 heteroatoms. The van der Waals surface area contributed by atoms with Crippen molar-refractivity contribution in [2.45, 2.75) is 77.8 Å². The minimum atomic E-state index is -0.831. The van der Waals surface area contributed by atoms with Gasteiger partial charge in [0.05, 0.1) is 6.04 Å². The quantitative estimate of drug-likeness (QED) is 0.664. The van der Waals surface area contributed by atoms with Gasteiger partial charge in [0.2, 0.25) is 5.91 Å². The average molecular weight is 414 g/mol. The number of hydrogen-bond acceptors (Lipinski definition) is 3. The maximum atomic E-state index is 13.1. The molecule has 0 radical (unpaired) electrons. The van der Waals surface area contributed by atoms with Crippen molar-refractivity contribution < 1.29 is 14.4 Å². The number of nitrogens with one attached hydrogen (secondary N) is 2. The van der Waals surface area contributed by atoms with Gasteiger partial charge in [-0.2, -0.15) is 0 Å². The minimum Gasteiger partial charge on any atom is -0.347 e. The van der Waals surface area contributed by atoms with Gasteiger partial charge in [-0.3, -0.25) is 14.5 Å². The van der Waals surface area contributed by atoms with Crippen molar-refractivity contribution in [2.24, 2.45) is 11.8 Å². The van der Waals surface area contributed by atoms with Gasteiger partial charge >= 0.3 is 6.03 Å². The summed E-state index contributed by atoms with van der Waals surface area (Å²) < 4.78 is 0. The van der Waals surface area contributed by atoms with E-state index in [9.17, 15) is 14.4 Å². The van der Waals surface area contributed by atoms with Gasteiger partial charge in [0.15, 0.2) is 0 Å². The Labute approximate surface area is 179 Å². The van der Waals surface area contributed by atoms with Crippen LogP contribution in [0.25, 0.3) is 0 Å². The van der Waals surface area contributed by atoms with Crippen LogP contribution in [0, 0.1) is 11.8 Å². The van der Waals surface area contributed by atoms with Gasteiger partial charge in [-0.15, -0.1) is 0 Å². The standard InChI is InChI=1S/C24H35N3O3/c1-5-8-18-10-12-19(13-11-18)21(16(2)3)25-20(28)15-27-22(29)24(26-23(27)30)14-7-6-9-17(24)4/h10-13,16-17,21H,5-9,14-15H2,1-4H3,(H,25,28)(H,26,30). The number of aryl methyl sites for hydroxylation is 1. The molecule has 0 bridgehead atoms. The van der Waals surface area contributed by atoms with Gasteiger partial charge in [-0.1, -0.05) is 71.2 Å². The van der Waals surface area contributed by atoms with E-state index in [-0.39, 0.29) is 36.2 Å². The summed E-state index contributed by atoms with van der Waals surface area (Å²) in [6.45, 7) is 8.03. The third-order valence-corrected chi connectivity index (χ3v) is 6.66. The van der Waals surface area contributed by atoms with Crippen molar-refractivity contribution in [3.05, 3.63) is 35.4 Å². The fourth-order valence-corrected chi connectivity index (χ4v) is 4.82. The lowest BCUT2D eigenvalue weighted by molar-refractivity contribution is -0.137. The molecule has 3 unspecified atom stereocenters. The molecular formula is C24H35N3O3. The van der Waals surface area contributed by atoms with Gasteiger partial charge in [0.1, 0.15) is 12.1 Å². The van der Waals surface area contributed by atoms with E-state index < -0.39 is 11.6 Å². The van der Waals surface area contributed by atoms with Crippen molar-refractivity contribution >= 4 is 17.8 Å². The lowest BCUT2D eigenvalue weighted by Gasteiger charge is -2.36. The molecule has 3 rings (SSSR count). The molecule has 2 fully saturated rings. The average Bonchev–Trinajstić information content (AvgIpc) is 2.94. The van der Waals surface area contributed by atoms with E-state index in [1.807, 2.05) is 6.92 Å². The molecule has 164 valence electrons. The van der Waals surface area contributed by atoms with Crippen LogP contribution in [0.1, 0.15) is 77.0 Å². The molecule has 2 aliphatic rings. The zero-order valence-corrected chi connectivity index (χ0v) is 18.7. The Kier molecular flexibility index (Phi) is 6.84. The highest BCUT2D eigenvalue weighted by Crippen LogP contribution is 2.38. The summed E-state index contributed by atoms with van der Waals surface area (Å²) in [7, 11) is 0. The molecule has 2 N–H and O–H groups in total. The third-order valence-electron chi connectivity index (χ3n) is 6.66. The topological polar surface area (TPSA) is 78.5 Å². The largest absolute Gasteiger partial charge is 0.347 e. The summed E-state index contributed by atoms with van der Waals surface area (Å²) in [6.07, 6.45) is 5.67. The molecule has 30 heavy (non-hydrogen) atoms. The predicted molar refractivity (Wildman–Crippen MR) is 117 cm³/mol.